The molecule has 2 N–H and O–H groups in total. The number of allylic oxidation sites excluding steroid dienone is 2. The van der Waals surface area contributed by atoms with Gasteiger partial charge in [-0.3, -0.25) is 0 Å². The number of hydrogen-bond acceptors (Lipinski definition) is 1. The average molecular weight is 214 g/mol. The van der Waals surface area contributed by atoms with Crippen molar-refractivity contribution in [1.29, 1.82) is 0 Å². The summed E-state index contributed by atoms with van der Waals surface area (Å²) < 4.78 is 0. The summed E-state index contributed by atoms with van der Waals surface area (Å²) >= 11 is 0. The normalized spacial score (nSPS) is 12.6. The molecular formula is C14H18N2. The third-order valence-corrected chi connectivity index (χ3v) is 2.39. The van der Waals surface area contributed by atoms with Crippen LogP contribution in [0.15, 0.2) is 53.7 Å². The highest BCUT2D eigenvalue weighted by molar-refractivity contribution is 5.97. The van der Waals surface area contributed by atoms with Gasteiger partial charge in [-0.25, -0.2) is 4.99 Å². The molecule has 0 heterocycles. The highest BCUT2D eigenvalue weighted by Gasteiger charge is 1.96. The first kappa shape index (κ1) is 12.2. The predicted octanol–water partition coefficient (Wildman–Crippen LogP) is 3.18. The molecule has 1 rings (SSSR count). The summed E-state index contributed by atoms with van der Waals surface area (Å²) in [6.07, 6.45) is 4.47. The van der Waals surface area contributed by atoms with Crippen LogP contribution >= 0.6 is 0 Å². The topological polar surface area (TPSA) is 38.4 Å². The van der Waals surface area contributed by atoms with Gasteiger partial charge in [0.05, 0.1) is 0 Å². The van der Waals surface area contributed by atoms with Gasteiger partial charge in [-0.15, -0.1) is 0 Å². The van der Waals surface area contributed by atoms with Gasteiger partial charge in [0.2, 0.25) is 0 Å². The molecule has 0 saturated heterocycles. The molecule has 0 aliphatic rings. The second-order valence-electron chi connectivity index (χ2n) is 3.64. The van der Waals surface area contributed by atoms with Gasteiger partial charge in [-0.2, -0.15) is 0 Å². The summed E-state index contributed by atoms with van der Waals surface area (Å²) in [6.45, 7) is 7.82. The van der Waals surface area contributed by atoms with Crippen LogP contribution in [0.4, 0.5) is 0 Å². The Morgan fingerprint density at radius 1 is 1.38 bits per heavy atom. The fraction of sp³-hybridized carbons (Fsp3) is 0.214. The molecule has 0 radical (unpaired) electrons. The number of aliphatic imine (C=N–C) groups is 1. The molecule has 0 fully saturated rings. The van der Waals surface area contributed by atoms with Gasteiger partial charge in [0, 0.05) is 11.8 Å². The summed E-state index contributed by atoms with van der Waals surface area (Å²) in [6, 6.07) is 7.99. The summed E-state index contributed by atoms with van der Waals surface area (Å²) in [5.41, 5.74) is 9.11. The molecule has 0 spiro atoms. The lowest BCUT2D eigenvalue weighted by Gasteiger charge is -2.00. The summed E-state index contributed by atoms with van der Waals surface area (Å²) in [4.78, 5) is 4.23. The Balaban J connectivity index is 2.89. The third-order valence-electron chi connectivity index (χ3n) is 2.39. The number of nitrogens with two attached hydrogens (primary N) is 1. The van der Waals surface area contributed by atoms with Crippen LogP contribution in [-0.4, -0.2) is 5.84 Å². The van der Waals surface area contributed by atoms with Crippen molar-refractivity contribution >= 4 is 5.84 Å². The van der Waals surface area contributed by atoms with E-state index in [2.05, 4.69) is 18.5 Å². The van der Waals surface area contributed by atoms with Crippen LogP contribution in [0.5, 0.6) is 0 Å². The molecule has 2 nitrogen and oxygen atoms in total. The van der Waals surface area contributed by atoms with E-state index in [1.165, 1.54) is 5.56 Å². The first-order chi connectivity index (χ1) is 7.67. The number of nitrogens with zero attached hydrogens (tertiary/aromatic N) is 1. The van der Waals surface area contributed by atoms with Gasteiger partial charge in [-0.05, 0) is 18.9 Å². The van der Waals surface area contributed by atoms with Gasteiger partial charge in [0.1, 0.15) is 5.84 Å². The maximum atomic E-state index is 5.87. The molecule has 0 aliphatic heterocycles. The summed E-state index contributed by atoms with van der Waals surface area (Å²) in [7, 11) is 0. The average Bonchev–Trinajstić information content (AvgIpc) is 2.31. The number of amidine groups is 1. The van der Waals surface area contributed by atoms with Crippen molar-refractivity contribution in [2.75, 3.05) is 0 Å². The second kappa shape index (κ2) is 5.91. The van der Waals surface area contributed by atoms with Crippen molar-refractivity contribution in [2.24, 2.45) is 10.7 Å². The molecule has 0 unspecified atom stereocenters. The smallest absolute Gasteiger partial charge is 0.130 e. The van der Waals surface area contributed by atoms with E-state index < -0.39 is 0 Å². The van der Waals surface area contributed by atoms with E-state index in [0.29, 0.717) is 5.84 Å². The number of benzene rings is 1. The Morgan fingerprint density at radius 3 is 2.50 bits per heavy atom. The van der Waals surface area contributed by atoms with Gasteiger partial charge in [0.15, 0.2) is 0 Å². The fourth-order valence-corrected chi connectivity index (χ4v) is 1.24. The van der Waals surface area contributed by atoms with E-state index in [9.17, 15) is 0 Å². The van der Waals surface area contributed by atoms with E-state index in [1.54, 1.807) is 12.3 Å². The maximum absolute atomic E-state index is 5.87. The van der Waals surface area contributed by atoms with Crippen LogP contribution < -0.4 is 5.73 Å². The zero-order valence-electron chi connectivity index (χ0n) is 9.90. The molecule has 1 aromatic rings. The quantitative estimate of drug-likeness (QED) is 0.466. The fourth-order valence-electron chi connectivity index (χ4n) is 1.24. The van der Waals surface area contributed by atoms with Crippen molar-refractivity contribution in [3.8, 4) is 0 Å². The van der Waals surface area contributed by atoms with Crippen molar-refractivity contribution in [2.45, 2.75) is 20.3 Å². The van der Waals surface area contributed by atoms with Crippen molar-refractivity contribution in [1.82, 2.24) is 0 Å². The zero-order chi connectivity index (χ0) is 12.0. The van der Waals surface area contributed by atoms with E-state index >= 15 is 0 Å². The van der Waals surface area contributed by atoms with Crippen LogP contribution in [0.3, 0.4) is 0 Å². The highest BCUT2D eigenvalue weighted by Crippen LogP contribution is 2.05. The Kier molecular flexibility index (Phi) is 4.52. The largest absolute Gasteiger partial charge is 0.383 e. The number of aryl methyl sites for hydroxylation is 1. The van der Waals surface area contributed by atoms with Crippen LogP contribution in [0.1, 0.15) is 24.5 Å². The monoisotopic (exact) mass is 214 g/mol. The number of rotatable bonds is 4. The van der Waals surface area contributed by atoms with E-state index in [1.807, 2.05) is 31.2 Å². The lowest BCUT2D eigenvalue weighted by Crippen LogP contribution is -2.12. The van der Waals surface area contributed by atoms with Gasteiger partial charge in [0.25, 0.3) is 0 Å². The second-order valence-corrected chi connectivity index (χ2v) is 3.64. The molecule has 0 aliphatic carbocycles. The molecule has 1 aromatic carbocycles. The van der Waals surface area contributed by atoms with Crippen molar-refractivity contribution in [3.05, 3.63) is 59.8 Å². The Labute approximate surface area is 97.2 Å². The molecule has 84 valence electrons. The lowest BCUT2D eigenvalue weighted by molar-refractivity contribution is 1.14. The van der Waals surface area contributed by atoms with Crippen LogP contribution in [0.25, 0.3) is 0 Å². The zero-order valence-corrected chi connectivity index (χ0v) is 9.90. The standard InChI is InChI=1S/C14H18N2/c1-4-12(5-2)10-16-14(15)13-8-6-11(3)7-9-13/h4,6-10H,1,5H2,2-3H3,(H2,15,16)/b12-10-. The molecule has 2 heteroatoms. The highest BCUT2D eigenvalue weighted by atomic mass is 14.8. The molecule has 0 atom stereocenters. The Morgan fingerprint density at radius 2 is 2.00 bits per heavy atom. The van der Waals surface area contributed by atoms with Crippen molar-refractivity contribution in [3.63, 3.8) is 0 Å². The molecule has 16 heavy (non-hydrogen) atoms. The van der Waals surface area contributed by atoms with Crippen molar-refractivity contribution < 1.29 is 0 Å². The lowest BCUT2D eigenvalue weighted by atomic mass is 10.1. The molecule has 0 bridgehead atoms. The van der Waals surface area contributed by atoms with E-state index in [0.717, 1.165) is 17.6 Å². The summed E-state index contributed by atoms with van der Waals surface area (Å²) in [5, 5.41) is 0. The van der Waals surface area contributed by atoms with Crippen LogP contribution in [0, 0.1) is 6.92 Å². The predicted molar refractivity (Wildman–Crippen MR) is 70.5 cm³/mol. The SMILES string of the molecule is C=C/C(=C/N=C(N)c1ccc(C)cc1)CC. The Hall–Kier alpha value is -1.83. The van der Waals surface area contributed by atoms with Gasteiger partial charge in [-0.1, -0.05) is 49.4 Å². The van der Waals surface area contributed by atoms with Crippen LogP contribution in [-0.2, 0) is 0 Å². The number of hydrogen-bond donors (Lipinski definition) is 1. The van der Waals surface area contributed by atoms with Gasteiger partial charge < -0.3 is 5.73 Å². The molecule has 0 saturated carbocycles. The first-order valence-corrected chi connectivity index (χ1v) is 5.39. The summed E-state index contributed by atoms with van der Waals surface area (Å²) in [5.74, 6) is 0.535. The first-order valence-electron chi connectivity index (χ1n) is 5.39. The van der Waals surface area contributed by atoms with Gasteiger partial charge >= 0.3 is 0 Å². The molecule has 0 amide bonds. The Bertz CT molecular complexity index is 411. The third kappa shape index (κ3) is 3.39. The van der Waals surface area contributed by atoms with E-state index in [4.69, 9.17) is 5.73 Å². The van der Waals surface area contributed by atoms with Crippen LogP contribution in [0.2, 0.25) is 0 Å². The molecular weight excluding hydrogens is 196 g/mol. The van der Waals surface area contributed by atoms with E-state index in [-0.39, 0.29) is 0 Å². The minimum absolute atomic E-state index is 0.535. The minimum Gasteiger partial charge on any atom is -0.383 e. The maximum Gasteiger partial charge on any atom is 0.130 e. The molecule has 0 aromatic heterocycles. The minimum atomic E-state index is 0.535.